The van der Waals surface area contributed by atoms with E-state index in [4.69, 9.17) is 0 Å². The molecule has 0 radical (unpaired) electrons. The number of carbonyl (C=O) groups excluding carboxylic acids is 2. The molecule has 1 aliphatic rings. The average molecular weight is 394 g/mol. The number of hydrogen-bond acceptors (Lipinski definition) is 4. The Balaban J connectivity index is 1.43. The van der Waals surface area contributed by atoms with Crippen molar-refractivity contribution in [3.8, 4) is 0 Å². The van der Waals surface area contributed by atoms with E-state index in [-0.39, 0.29) is 11.7 Å². The van der Waals surface area contributed by atoms with E-state index in [0.29, 0.717) is 19.0 Å². The fourth-order valence-corrected chi connectivity index (χ4v) is 3.79. The minimum Gasteiger partial charge on any atom is -0.369 e. The van der Waals surface area contributed by atoms with Crippen molar-refractivity contribution in [3.63, 3.8) is 0 Å². The lowest BCUT2D eigenvalue weighted by molar-refractivity contribution is -0.122. The zero-order chi connectivity index (χ0) is 20.6. The van der Waals surface area contributed by atoms with Crippen molar-refractivity contribution in [3.05, 3.63) is 65.7 Å². The highest BCUT2D eigenvalue weighted by molar-refractivity contribution is 5.94. The molecule has 2 aromatic rings. The summed E-state index contributed by atoms with van der Waals surface area (Å²) in [4.78, 5) is 28.3. The van der Waals surface area contributed by atoms with Crippen molar-refractivity contribution in [1.29, 1.82) is 0 Å². The average Bonchev–Trinajstić information content (AvgIpc) is 2.75. The molecule has 2 aromatic carbocycles. The number of rotatable bonds is 8. The zero-order valence-electron chi connectivity index (χ0n) is 17.4. The second kappa shape index (κ2) is 10.2. The molecule has 1 saturated heterocycles. The first-order valence-electron chi connectivity index (χ1n) is 10.5. The molecule has 1 aliphatic heterocycles. The Bertz CT molecular complexity index is 797. The van der Waals surface area contributed by atoms with Crippen LogP contribution in [-0.2, 0) is 4.79 Å². The van der Waals surface area contributed by atoms with E-state index in [1.165, 1.54) is 5.56 Å². The molecule has 0 unspecified atom stereocenters. The number of Topliss-reactive ketones (excluding diaryl/α,β-unsaturated/α-hetero) is 1. The number of piperazine rings is 1. The van der Waals surface area contributed by atoms with Gasteiger partial charge in [-0.15, -0.1) is 0 Å². The van der Waals surface area contributed by atoms with Gasteiger partial charge in [0.25, 0.3) is 0 Å². The number of nitrogens with one attached hydrogen (secondary N) is 1. The van der Waals surface area contributed by atoms with Crippen LogP contribution >= 0.6 is 0 Å². The fraction of sp³-hybridized carbons (Fsp3) is 0.417. The van der Waals surface area contributed by atoms with Gasteiger partial charge < -0.3 is 10.2 Å². The van der Waals surface area contributed by atoms with E-state index in [1.807, 2.05) is 42.5 Å². The molecule has 0 saturated carbocycles. The second-order valence-corrected chi connectivity index (χ2v) is 7.69. The van der Waals surface area contributed by atoms with Gasteiger partial charge in [-0.25, -0.2) is 0 Å². The highest BCUT2D eigenvalue weighted by Gasteiger charge is 2.20. The Morgan fingerprint density at radius 2 is 1.62 bits per heavy atom. The summed E-state index contributed by atoms with van der Waals surface area (Å²) in [6.45, 7) is 8.36. The first-order valence-corrected chi connectivity index (χ1v) is 10.5. The number of amides is 1. The number of carbonyl (C=O) groups is 2. The molecule has 1 N–H and O–H groups in total. The molecular formula is C24H31N3O2. The van der Waals surface area contributed by atoms with E-state index in [0.717, 1.165) is 43.9 Å². The molecule has 5 heteroatoms. The van der Waals surface area contributed by atoms with Gasteiger partial charge in [0.15, 0.2) is 5.78 Å². The Morgan fingerprint density at radius 1 is 0.966 bits per heavy atom. The number of nitrogens with zero attached hydrogens (tertiary/aromatic N) is 2. The summed E-state index contributed by atoms with van der Waals surface area (Å²) >= 11 is 0. The monoisotopic (exact) mass is 393 g/mol. The topological polar surface area (TPSA) is 52.7 Å². The molecule has 154 valence electrons. The molecule has 0 aromatic heterocycles. The van der Waals surface area contributed by atoms with Crippen LogP contribution in [-0.4, -0.2) is 55.9 Å². The van der Waals surface area contributed by atoms with Gasteiger partial charge in [0.2, 0.25) is 5.91 Å². The van der Waals surface area contributed by atoms with E-state index >= 15 is 0 Å². The van der Waals surface area contributed by atoms with Crippen LogP contribution in [0.4, 0.5) is 5.69 Å². The van der Waals surface area contributed by atoms with Crippen molar-refractivity contribution in [2.24, 2.45) is 0 Å². The number of ketones is 1. The molecule has 0 spiro atoms. The zero-order valence-corrected chi connectivity index (χ0v) is 17.4. The Hall–Kier alpha value is -2.66. The van der Waals surface area contributed by atoms with Gasteiger partial charge in [0, 0.05) is 49.9 Å². The van der Waals surface area contributed by atoms with Gasteiger partial charge in [-0.1, -0.05) is 37.3 Å². The van der Waals surface area contributed by atoms with Crippen molar-refractivity contribution < 1.29 is 9.59 Å². The quantitative estimate of drug-likeness (QED) is 0.699. The Morgan fingerprint density at radius 3 is 2.21 bits per heavy atom. The predicted octanol–water partition coefficient (Wildman–Crippen LogP) is 3.32. The molecule has 3 rings (SSSR count). The van der Waals surface area contributed by atoms with Crippen molar-refractivity contribution >= 4 is 17.4 Å². The second-order valence-electron chi connectivity index (χ2n) is 7.69. The number of anilines is 1. The highest BCUT2D eigenvalue weighted by atomic mass is 16.2. The van der Waals surface area contributed by atoms with Gasteiger partial charge >= 0.3 is 0 Å². The van der Waals surface area contributed by atoms with Gasteiger partial charge in [0.05, 0.1) is 6.54 Å². The standard InChI is InChI=1S/C24H31N3O2/c1-3-20(22-7-5-4-6-8-22)17-25-24(29)18-26-13-15-27(16-14-26)23-11-9-21(10-12-23)19(2)28/h4-12,20H,3,13-18H2,1-2H3,(H,25,29)/t20-/m0/s1. The summed E-state index contributed by atoms with van der Waals surface area (Å²) in [6, 6.07) is 18.2. The van der Waals surface area contributed by atoms with E-state index in [9.17, 15) is 9.59 Å². The third-order valence-corrected chi connectivity index (χ3v) is 5.69. The Kier molecular flexibility index (Phi) is 7.42. The minimum absolute atomic E-state index is 0.0879. The summed E-state index contributed by atoms with van der Waals surface area (Å²) in [5.41, 5.74) is 3.15. The summed E-state index contributed by atoms with van der Waals surface area (Å²) in [5.74, 6) is 0.540. The normalized spacial score (nSPS) is 15.7. The lowest BCUT2D eigenvalue weighted by Crippen LogP contribution is -2.49. The van der Waals surface area contributed by atoms with Crippen LogP contribution in [0.15, 0.2) is 54.6 Å². The summed E-state index contributed by atoms with van der Waals surface area (Å²) in [6.07, 6.45) is 1.01. The SMILES string of the molecule is CC[C@@H](CNC(=O)CN1CCN(c2ccc(C(C)=O)cc2)CC1)c1ccccc1. The molecule has 29 heavy (non-hydrogen) atoms. The van der Waals surface area contributed by atoms with Crippen molar-refractivity contribution in [2.75, 3.05) is 44.2 Å². The van der Waals surface area contributed by atoms with Gasteiger partial charge in [-0.3, -0.25) is 14.5 Å². The first kappa shape index (κ1) is 21.1. The predicted molar refractivity (Wildman–Crippen MR) is 118 cm³/mol. The van der Waals surface area contributed by atoms with Crippen molar-refractivity contribution in [1.82, 2.24) is 10.2 Å². The van der Waals surface area contributed by atoms with E-state index in [1.54, 1.807) is 6.92 Å². The highest BCUT2D eigenvalue weighted by Crippen LogP contribution is 2.19. The molecule has 0 aliphatic carbocycles. The Labute approximate surface area is 173 Å². The van der Waals surface area contributed by atoms with Crippen LogP contribution in [0.3, 0.4) is 0 Å². The third-order valence-electron chi connectivity index (χ3n) is 5.69. The van der Waals surface area contributed by atoms with Crippen LogP contribution in [0, 0.1) is 0 Å². The lowest BCUT2D eigenvalue weighted by Gasteiger charge is -2.35. The van der Waals surface area contributed by atoms with Crippen LogP contribution in [0.2, 0.25) is 0 Å². The van der Waals surface area contributed by atoms with Gasteiger partial charge in [0.1, 0.15) is 0 Å². The molecule has 1 amide bonds. The molecule has 0 bridgehead atoms. The minimum atomic E-state index is 0.0879. The maximum absolute atomic E-state index is 12.4. The number of benzene rings is 2. The summed E-state index contributed by atoms with van der Waals surface area (Å²) in [7, 11) is 0. The summed E-state index contributed by atoms with van der Waals surface area (Å²) < 4.78 is 0. The third kappa shape index (κ3) is 5.91. The van der Waals surface area contributed by atoms with E-state index < -0.39 is 0 Å². The smallest absolute Gasteiger partial charge is 0.234 e. The van der Waals surface area contributed by atoms with Gasteiger partial charge in [-0.2, -0.15) is 0 Å². The number of hydrogen-bond donors (Lipinski definition) is 1. The van der Waals surface area contributed by atoms with Crippen molar-refractivity contribution in [2.45, 2.75) is 26.2 Å². The van der Waals surface area contributed by atoms with Crippen LogP contribution in [0.5, 0.6) is 0 Å². The van der Waals surface area contributed by atoms with Crippen LogP contribution < -0.4 is 10.2 Å². The van der Waals surface area contributed by atoms with Crippen LogP contribution in [0.1, 0.15) is 42.1 Å². The maximum Gasteiger partial charge on any atom is 0.234 e. The molecule has 5 nitrogen and oxygen atoms in total. The van der Waals surface area contributed by atoms with Crippen LogP contribution in [0.25, 0.3) is 0 Å². The molecule has 1 atom stereocenters. The van der Waals surface area contributed by atoms with Gasteiger partial charge in [-0.05, 0) is 43.2 Å². The largest absolute Gasteiger partial charge is 0.369 e. The molecular weight excluding hydrogens is 362 g/mol. The van der Waals surface area contributed by atoms with E-state index in [2.05, 4.69) is 34.2 Å². The maximum atomic E-state index is 12.4. The first-order chi connectivity index (χ1) is 14.1. The molecule has 1 fully saturated rings. The summed E-state index contributed by atoms with van der Waals surface area (Å²) in [5, 5.41) is 3.11. The fourth-order valence-electron chi connectivity index (χ4n) is 3.79. The molecule has 1 heterocycles. The lowest BCUT2D eigenvalue weighted by atomic mass is 9.96.